The van der Waals surface area contributed by atoms with Crippen molar-refractivity contribution in [2.45, 2.75) is 51.5 Å². The quantitative estimate of drug-likeness (QED) is 0.866. The molecule has 0 aromatic carbocycles. The Balaban J connectivity index is 1.94. The number of nitrogens with zero attached hydrogens (tertiary/aromatic N) is 1. The zero-order chi connectivity index (χ0) is 12.1. The fourth-order valence-electron chi connectivity index (χ4n) is 3.11. The summed E-state index contributed by atoms with van der Waals surface area (Å²) in [5.74, 6) is 1.58. The molecule has 0 saturated heterocycles. The van der Waals surface area contributed by atoms with Crippen molar-refractivity contribution >= 4 is 0 Å². The molecule has 1 aromatic heterocycles. The molecule has 1 fully saturated rings. The standard InChI is InChI=1S/C15H24N2/c1-2-3-12-4-5-15(16)14(10-12)11-13-6-8-17-9-7-13/h6-9,12,14-15H,2-5,10-11,16H2,1H3. The first kappa shape index (κ1) is 12.6. The number of hydrogen-bond acceptors (Lipinski definition) is 2. The summed E-state index contributed by atoms with van der Waals surface area (Å²) >= 11 is 0. The molecule has 1 aliphatic rings. The summed E-state index contributed by atoms with van der Waals surface area (Å²) in [6.45, 7) is 2.28. The molecule has 0 aliphatic heterocycles. The summed E-state index contributed by atoms with van der Waals surface area (Å²) < 4.78 is 0. The number of pyridine rings is 1. The SMILES string of the molecule is CCCC1CCC(N)C(Cc2ccncc2)C1. The molecule has 2 rings (SSSR count). The lowest BCUT2D eigenvalue weighted by atomic mass is 9.74. The van der Waals surface area contributed by atoms with Gasteiger partial charge in [-0.1, -0.05) is 19.8 Å². The summed E-state index contributed by atoms with van der Waals surface area (Å²) in [5.41, 5.74) is 7.66. The second-order valence-electron chi connectivity index (χ2n) is 5.45. The molecule has 94 valence electrons. The third-order valence-electron chi connectivity index (χ3n) is 4.09. The van der Waals surface area contributed by atoms with Gasteiger partial charge in [-0.25, -0.2) is 0 Å². The Bertz CT molecular complexity index is 323. The number of aromatic nitrogens is 1. The van der Waals surface area contributed by atoms with Crippen molar-refractivity contribution in [2.75, 3.05) is 0 Å². The molecule has 1 aliphatic carbocycles. The second-order valence-corrected chi connectivity index (χ2v) is 5.45. The van der Waals surface area contributed by atoms with E-state index in [1.165, 1.54) is 37.7 Å². The highest BCUT2D eigenvalue weighted by Crippen LogP contribution is 2.33. The number of hydrogen-bond donors (Lipinski definition) is 1. The van der Waals surface area contributed by atoms with Crippen LogP contribution in [0.1, 0.15) is 44.6 Å². The normalized spacial score (nSPS) is 29.2. The van der Waals surface area contributed by atoms with Crippen molar-refractivity contribution in [3.8, 4) is 0 Å². The van der Waals surface area contributed by atoms with Crippen LogP contribution in [0.4, 0.5) is 0 Å². The molecule has 3 atom stereocenters. The fourth-order valence-corrected chi connectivity index (χ4v) is 3.11. The molecule has 2 heteroatoms. The lowest BCUT2D eigenvalue weighted by Crippen LogP contribution is -2.37. The summed E-state index contributed by atoms with van der Waals surface area (Å²) in [6, 6.07) is 4.64. The van der Waals surface area contributed by atoms with Gasteiger partial charge >= 0.3 is 0 Å². The lowest BCUT2D eigenvalue weighted by molar-refractivity contribution is 0.221. The van der Waals surface area contributed by atoms with E-state index in [2.05, 4.69) is 24.0 Å². The maximum absolute atomic E-state index is 6.27. The monoisotopic (exact) mass is 232 g/mol. The molecule has 0 bridgehead atoms. The van der Waals surface area contributed by atoms with Crippen LogP contribution in [-0.2, 0) is 6.42 Å². The molecule has 1 heterocycles. The Morgan fingerprint density at radius 2 is 2.06 bits per heavy atom. The van der Waals surface area contributed by atoms with Crippen LogP contribution in [0.3, 0.4) is 0 Å². The minimum atomic E-state index is 0.399. The fraction of sp³-hybridized carbons (Fsp3) is 0.667. The van der Waals surface area contributed by atoms with Crippen LogP contribution in [-0.4, -0.2) is 11.0 Å². The highest BCUT2D eigenvalue weighted by atomic mass is 14.7. The van der Waals surface area contributed by atoms with Gasteiger partial charge in [-0.05, 0) is 55.2 Å². The van der Waals surface area contributed by atoms with Gasteiger partial charge in [-0.3, -0.25) is 4.98 Å². The first-order valence-electron chi connectivity index (χ1n) is 6.94. The van der Waals surface area contributed by atoms with Crippen LogP contribution < -0.4 is 5.73 Å². The van der Waals surface area contributed by atoms with Crippen LogP contribution in [0, 0.1) is 11.8 Å². The van der Waals surface area contributed by atoms with Gasteiger partial charge in [0.1, 0.15) is 0 Å². The van der Waals surface area contributed by atoms with Crippen molar-refractivity contribution in [1.29, 1.82) is 0 Å². The Labute approximate surface area is 105 Å². The van der Waals surface area contributed by atoms with E-state index < -0.39 is 0 Å². The summed E-state index contributed by atoms with van der Waals surface area (Å²) in [4.78, 5) is 4.07. The van der Waals surface area contributed by atoms with Crippen molar-refractivity contribution in [1.82, 2.24) is 4.98 Å². The van der Waals surface area contributed by atoms with E-state index in [4.69, 9.17) is 5.73 Å². The predicted octanol–water partition coefficient (Wildman–Crippen LogP) is 3.17. The highest BCUT2D eigenvalue weighted by Gasteiger charge is 2.27. The average Bonchev–Trinajstić information content (AvgIpc) is 2.35. The number of rotatable bonds is 4. The third-order valence-corrected chi connectivity index (χ3v) is 4.09. The van der Waals surface area contributed by atoms with E-state index in [1.807, 2.05) is 12.4 Å². The molecule has 2 nitrogen and oxygen atoms in total. The van der Waals surface area contributed by atoms with Gasteiger partial charge in [0.05, 0.1) is 0 Å². The summed E-state index contributed by atoms with van der Waals surface area (Å²) in [6.07, 6.45) is 11.4. The maximum atomic E-state index is 6.27. The molecule has 0 spiro atoms. The van der Waals surface area contributed by atoms with Gasteiger partial charge in [0, 0.05) is 18.4 Å². The summed E-state index contributed by atoms with van der Waals surface area (Å²) in [7, 11) is 0. The van der Waals surface area contributed by atoms with Crippen LogP contribution in [0.5, 0.6) is 0 Å². The van der Waals surface area contributed by atoms with Crippen LogP contribution in [0.2, 0.25) is 0 Å². The minimum absolute atomic E-state index is 0.399. The van der Waals surface area contributed by atoms with Gasteiger partial charge in [0.25, 0.3) is 0 Å². The molecule has 3 unspecified atom stereocenters. The molecule has 1 aromatic rings. The zero-order valence-corrected chi connectivity index (χ0v) is 10.8. The Morgan fingerprint density at radius 3 is 2.76 bits per heavy atom. The van der Waals surface area contributed by atoms with Gasteiger partial charge in [-0.15, -0.1) is 0 Å². The number of nitrogens with two attached hydrogens (primary N) is 1. The van der Waals surface area contributed by atoms with E-state index in [-0.39, 0.29) is 0 Å². The lowest BCUT2D eigenvalue weighted by Gasteiger charge is -2.34. The maximum Gasteiger partial charge on any atom is 0.0270 e. The minimum Gasteiger partial charge on any atom is -0.327 e. The molecule has 0 radical (unpaired) electrons. The van der Waals surface area contributed by atoms with Crippen LogP contribution in [0.25, 0.3) is 0 Å². The first-order valence-corrected chi connectivity index (χ1v) is 6.94. The van der Waals surface area contributed by atoms with Crippen molar-refractivity contribution in [3.63, 3.8) is 0 Å². The van der Waals surface area contributed by atoms with Crippen LogP contribution in [0.15, 0.2) is 24.5 Å². The Kier molecular flexibility index (Phi) is 4.55. The van der Waals surface area contributed by atoms with Gasteiger partial charge in [-0.2, -0.15) is 0 Å². The van der Waals surface area contributed by atoms with Crippen molar-refractivity contribution in [2.24, 2.45) is 17.6 Å². The molecule has 1 saturated carbocycles. The molecule has 2 N–H and O–H groups in total. The van der Waals surface area contributed by atoms with E-state index in [0.717, 1.165) is 12.3 Å². The largest absolute Gasteiger partial charge is 0.327 e. The van der Waals surface area contributed by atoms with Gasteiger partial charge in [0.2, 0.25) is 0 Å². The molecule has 17 heavy (non-hydrogen) atoms. The highest BCUT2D eigenvalue weighted by molar-refractivity contribution is 5.11. The van der Waals surface area contributed by atoms with E-state index in [0.29, 0.717) is 12.0 Å². The van der Waals surface area contributed by atoms with E-state index in [9.17, 15) is 0 Å². The topological polar surface area (TPSA) is 38.9 Å². The zero-order valence-electron chi connectivity index (χ0n) is 10.8. The third kappa shape index (κ3) is 3.53. The Morgan fingerprint density at radius 1 is 1.29 bits per heavy atom. The van der Waals surface area contributed by atoms with Crippen molar-refractivity contribution in [3.05, 3.63) is 30.1 Å². The van der Waals surface area contributed by atoms with E-state index >= 15 is 0 Å². The van der Waals surface area contributed by atoms with E-state index in [1.54, 1.807) is 0 Å². The van der Waals surface area contributed by atoms with Crippen molar-refractivity contribution < 1.29 is 0 Å². The second kappa shape index (κ2) is 6.15. The molecular weight excluding hydrogens is 208 g/mol. The summed E-state index contributed by atoms with van der Waals surface area (Å²) in [5, 5.41) is 0. The first-order chi connectivity index (χ1) is 8.29. The average molecular weight is 232 g/mol. The smallest absolute Gasteiger partial charge is 0.0270 e. The molecular formula is C15H24N2. The Hall–Kier alpha value is -0.890. The molecule has 0 amide bonds. The van der Waals surface area contributed by atoms with Gasteiger partial charge in [0.15, 0.2) is 0 Å². The van der Waals surface area contributed by atoms with Gasteiger partial charge < -0.3 is 5.73 Å². The predicted molar refractivity (Wildman–Crippen MR) is 71.7 cm³/mol. The van der Waals surface area contributed by atoms with Crippen LogP contribution >= 0.6 is 0 Å².